The van der Waals surface area contributed by atoms with Gasteiger partial charge in [-0.05, 0) is 56.7 Å². The van der Waals surface area contributed by atoms with Gasteiger partial charge in [0.25, 0.3) is 5.91 Å². The van der Waals surface area contributed by atoms with Crippen molar-refractivity contribution in [3.05, 3.63) is 59.7 Å². The van der Waals surface area contributed by atoms with Crippen molar-refractivity contribution in [1.82, 2.24) is 0 Å². The third kappa shape index (κ3) is 4.68. The maximum atomic E-state index is 12.6. The summed E-state index contributed by atoms with van der Waals surface area (Å²) in [6, 6.07) is 13.1. The second-order valence-corrected chi connectivity index (χ2v) is 6.84. The van der Waals surface area contributed by atoms with Gasteiger partial charge < -0.3 is 15.0 Å². The molecule has 0 radical (unpaired) electrons. The molecule has 3 rings (SSSR count). The Morgan fingerprint density at radius 1 is 1.07 bits per heavy atom. The number of hydrogen-bond acceptors (Lipinski definition) is 5. The standard InChI is InChI=1S/C22H22N2O5/c1-14(25)16-9-11-17(12-10-16)23-21(27)15(2)29-22(28)18-6-3-4-7-19(18)24-13-5-8-20(24)26/h3-4,6-7,9-12,15H,5,8,13H2,1-2H3,(H,23,27)/t15-/m1/s1. The number of rotatable bonds is 6. The van der Waals surface area contributed by atoms with E-state index in [1.807, 2.05) is 0 Å². The van der Waals surface area contributed by atoms with Crippen LogP contribution in [0.1, 0.15) is 47.4 Å². The Morgan fingerprint density at radius 3 is 2.38 bits per heavy atom. The smallest absolute Gasteiger partial charge is 0.341 e. The Labute approximate surface area is 168 Å². The van der Waals surface area contributed by atoms with Crippen LogP contribution >= 0.6 is 0 Å². The first-order valence-electron chi connectivity index (χ1n) is 9.39. The van der Waals surface area contributed by atoms with Gasteiger partial charge in [0.2, 0.25) is 5.91 Å². The number of ether oxygens (including phenoxy) is 1. The Kier molecular flexibility index (Phi) is 6.07. The summed E-state index contributed by atoms with van der Waals surface area (Å²) in [5.74, 6) is -1.27. The van der Waals surface area contributed by atoms with E-state index in [4.69, 9.17) is 4.74 Å². The fourth-order valence-electron chi connectivity index (χ4n) is 3.09. The van der Waals surface area contributed by atoms with Crippen molar-refractivity contribution in [1.29, 1.82) is 0 Å². The van der Waals surface area contributed by atoms with E-state index < -0.39 is 18.0 Å². The number of carbonyl (C=O) groups excluding carboxylic acids is 4. The van der Waals surface area contributed by atoms with Crippen LogP contribution < -0.4 is 10.2 Å². The largest absolute Gasteiger partial charge is 0.449 e. The maximum Gasteiger partial charge on any atom is 0.341 e. The van der Waals surface area contributed by atoms with Crippen molar-refractivity contribution in [2.24, 2.45) is 0 Å². The lowest BCUT2D eigenvalue weighted by Gasteiger charge is -2.20. The highest BCUT2D eigenvalue weighted by Crippen LogP contribution is 2.26. The minimum absolute atomic E-state index is 0.0370. The number of hydrogen-bond donors (Lipinski definition) is 1. The first-order valence-corrected chi connectivity index (χ1v) is 9.39. The SMILES string of the molecule is CC(=O)c1ccc(NC(=O)[C@@H](C)OC(=O)c2ccccc2N2CCCC2=O)cc1. The van der Waals surface area contributed by atoms with Crippen LogP contribution in [-0.4, -0.2) is 36.2 Å². The zero-order chi connectivity index (χ0) is 21.0. The molecule has 0 aromatic heterocycles. The van der Waals surface area contributed by atoms with E-state index in [2.05, 4.69) is 5.32 Å². The van der Waals surface area contributed by atoms with Gasteiger partial charge in [0, 0.05) is 24.2 Å². The number of Topliss-reactive ketones (excluding diaryl/α,β-unsaturated/α-hetero) is 1. The summed E-state index contributed by atoms with van der Waals surface area (Å²) < 4.78 is 5.32. The molecule has 0 saturated carbocycles. The highest BCUT2D eigenvalue weighted by Gasteiger charge is 2.27. The number of amides is 2. The number of benzene rings is 2. The number of nitrogens with zero attached hydrogens (tertiary/aromatic N) is 1. The third-order valence-corrected chi connectivity index (χ3v) is 4.70. The van der Waals surface area contributed by atoms with Crippen molar-refractivity contribution in [2.75, 3.05) is 16.8 Å². The summed E-state index contributed by atoms with van der Waals surface area (Å²) in [5.41, 5.74) is 1.77. The van der Waals surface area contributed by atoms with E-state index in [0.29, 0.717) is 29.9 Å². The summed E-state index contributed by atoms with van der Waals surface area (Å²) in [6.45, 7) is 3.49. The van der Waals surface area contributed by atoms with Crippen molar-refractivity contribution in [3.63, 3.8) is 0 Å². The Hall–Kier alpha value is -3.48. The van der Waals surface area contributed by atoms with Crippen molar-refractivity contribution in [2.45, 2.75) is 32.8 Å². The molecule has 7 nitrogen and oxygen atoms in total. The van der Waals surface area contributed by atoms with Crippen LogP contribution in [0.25, 0.3) is 0 Å². The zero-order valence-corrected chi connectivity index (χ0v) is 16.3. The molecule has 0 aliphatic carbocycles. The van der Waals surface area contributed by atoms with Gasteiger partial charge in [-0.2, -0.15) is 0 Å². The quantitative estimate of drug-likeness (QED) is 0.600. The molecule has 1 aliphatic rings. The Balaban J connectivity index is 1.67. The minimum Gasteiger partial charge on any atom is -0.449 e. The predicted octanol–water partition coefficient (Wildman–Crippen LogP) is 3.20. The molecule has 2 amide bonds. The molecule has 29 heavy (non-hydrogen) atoms. The highest BCUT2D eigenvalue weighted by molar-refractivity contribution is 6.04. The Bertz CT molecular complexity index is 952. The van der Waals surface area contributed by atoms with Gasteiger partial charge in [0.15, 0.2) is 11.9 Å². The normalized spacial score (nSPS) is 14.4. The van der Waals surface area contributed by atoms with Gasteiger partial charge in [-0.15, -0.1) is 0 Å². The molecule has 1 aliphatic heterocycles. The lowest BCUT2D eigenvalue weighted by Crippen LogP contribution is -2.31. The summed E-state index contributed by atoms with van der Waals surface area (Å²) in [5, 5.41) is 2.65. The first-order chi connectivity index (χ1) is 13.9. The summed E-state index contributed by atoms with van der Waals surface area (Å²) >= 11 is 0. The van der Waals surface area contributed by atoms with E-state index in [1.54, 1.807) is 53.4 Å². The lowest BCUT2D eigenvalue weighted by molar-refractivity contribution is -0.123. The van der Waals surface area contributed by atoms with Gasteiger partial charge in [0.05, 0.1) is 11.3 Å². The molecular formula is C22H22N2O5. The molecule has 2 aromatic rings. The van der Waals surface area contributed by atoms with Crippen LogP contribution in [0.3, 0.4) is 0 Å². The van der Waals surface area contributed by atoms with Gasteiger partial charge in [0.1, 0.15) is 0 Å². The van der Waals surface area contributed by atoms with E-state index in [9.17, 15) is 19.2 Å². The summed E-state index contributed by atoms with van der Waals surface area (Å²) in [6.07, 6.45) is 0.144. The molecule has 1 atom stereocenters. The van der Waals surface area contributed by atoms with Crippen LogP contribution in [0.15, 0.2) is 48.5 Å². The Morgan fingerprint density at radius 2 is 1.76 bits per heavy atom. The van der Waals surface area contributed by atoms with Gasteiger partial charge in [-0.1, -0.05) is 12.1 Å². The van der Waals surface area contributed by atoms with E-state index in [0.717, 1.165) is 6.42 Å². The van der Waals surface area contributed by atoms with Crippen LogP contribution in [0.5, 0.6) is 0 Å². The molecule has 2 aromatic carbocycles. The fraction of sp³-hybridized carbons (Fsp3) is 0.273. The molecule has 0 spiro atoms. The first kappa shape index (κ1) is 20.3. The lowest BCUT2D eigenvalue weighted by atomic mass is 10.1. The number of carbonyl (C=O) groups is 4. The summed E-state index contributed by atoms with van der Waals surface area (Å²) in [4.78, 5) is 49.9. The van der Waals surface area contributed by atoms with Gasteiger partial charge in [-0.25, -0.2) is 4.79 Å². The molecule has 0 bridgehead atoms. The van der Waals surface area contributed by atoms with Crippen molar-refractivity contribution in [3.8, 4) is 0 Å². The average molecular weight is 394 g/mol. The van der Waals surface area contributed by atoms with Gasteiger partial charge in [-0.3, -0.25) is 14.4 Å². The van der Waals surface area contributed by atoms with Crippen LogP contribution in [0.4, 0.5) is 11.4 Å². The monoisotopic (exact) mass is 394 g/mol. The number of esters is 1. The van der Waals surface area contributed by atoms with Crippen molar-refractivity contribution < 1.29 is 23.9 Å². The predicted molar refractivity (Wildman–Crippen MR) is 108 cm³/mol. The number of nitrogens with one attached hydrogen (secondary N) is 1. The molecule has 1 saturated heterocycles. The van der Waals surface area contributed by atoms with Gasteiger partial charge >= 0.3 is 5.97 Å². The third-order valence-electron chi connectivity index (χ3n) is 4.70. The average Bonchev–Trinajstić information content (AvgIpc) is 3.14. The van der Waals surface area contributed by atoms with Crippen LogP contribution in [-0.2, 0) is 14.3 Å². The number of para-hydroxylation sites is 1. The molecule has 1 fully saturated rings. The molecule has 150 valence electrons. The van der Waals surface area contributed by atoms with E-state index >= 15 is 0 Å². The molecule has 7 heteroatoms. The number of ketones is 1. The van der Waals surface area contributed by atoms with E-state index in [1.165, 1.54) is 13.8 Å². The highest BCUT2D eigenvalue weighted by atomic mass is 16.5. The van der Waals surface area contributed by atoms with Crippen molar-refractivity contribution >= 4 is 34.9 Å². The number of anilines is 2. The molecule has 0 unspecified atom stereocenters. The molecule has 1 heterocycles. The topological polar surface area (TPSA) is 92.8 Å². The second-order valence-electron chi connectivity index (χ2n) is 6.84. The molecule has 1 N–H and O–H groups in total. The van der Waals surface area contributed by atoms with E-state index in [-0.39, 0.29) is 17.3 Å². The summed E-state index contributed by atoms with van der Waals surface area (Å²) in [7, 11) is 0. The zero-order valence-electron chi connectivity index (χ0n) is 16.3. The minimum atomic E-state index is -1.04. The van der Waals surface area contributed by atoms with Crippen LogP contribution in [0.2, 0.25) is 0 Å². The fourth-order valence-corrected chi connectivity index (χ4v) is 3.09. The maximum absolute atomic E-state index is 12.6. The van der Waals surface area contributed by atoms with Crippen LogP contribution in [0, 0.1) is 0 Å². The second kappa shape index (κ2) is 8.68. The molecular weight excluding hydrogens is 372 g/mol.